The number of amides is 1. The molecule has 0 bridgehead atoms. The standard InChI is InChI=1S/C25H29N3O5S/c1-4-5-22(29)27-14-16-28(17-15-27)25-24(34(30,31)21-12-6-18(2)7-13-21)26-23(33-25)19-8-10-20(32-3)11-9-19/h6-13H,4-5,14-17H2,1-3H3. The highest BCUT2D eigenvalue weighted by Gasteiger charge is 2.33. The molecule has 0 unspecified atom stereocenters. The molecule has 9 heteroatoms. The van der Waals surface area contributed by atoms with Gasteiger partial charge >= 0.3 is 0 Å². The van der Waals surface area contributed by atoms with Crippen LogP contribution in [0.3, 0.4) is 0 Å². The molecule has 0 atom stereocenters. The molecule has 2 aromatic carbocycles. The first-order valence-corrected chi connectivity index (χ1v) is 12.8. The predicted octanol–water partition coefficient (Wildman–Crippen LogP) is 3.94. The van der Waals surface area contributed by atoms with Crippen LogP contribution in [-0.4, -0.2) is 57.5 Å². The van der Waals surface area contributed by atoms with E-state index in [1.54, 1.807) is 55.6 Å². The van der Waals surface area contributed by atoms with Crippen molar-refractivity contribution in [1.29, 1.82) is 0 Å². The number of oxazole rings is 1. The Balaban J connectivity index is 1.71. The maximum Gasteiger partial charge on any atom is 0.236 e. The van der Waals surface area contributed by atoms with Crippen molar-refractivity contribution in [1.82, 2.24) is 9.88 Å². The fraction of sp³-hybridized carbons (Fsp3) is 0.360. The van der Waals surface area contributed by atoms with E-state index < -0.39 is 9.84 Å². The Morgan fingerprint density at radius 1 is 1.03 bits per heavy atom. The van der Waals surface area contributed by atoms with Crippen LogP contribution in [0.1, 0.15) is 25.3 Å². The van der Waals surface area contributed by atoms with Crippen molar-refractivity contribution >= 4 is 21.6 Å². The highest BCUT2D eigenvalue weighted by Crippen LogP contribution is 2.35. The molecule has 8 nitrogen and oxygen atoms in total. The molecule has 34 heavy (non-hydrogen) atoms. The number of nitrogens with zero attached hydrogens (tertiary/aromatic N) is 3. The minimum Gasteiger partial charge on any atom is -0.497 e. The molecule has 1 aromatic heterocycles. The van der Waals surface area contributed by atoms with Crippen LogP contribution in [0.15, 0.2) is 62.9 Å². The largest absolute Gasteiger partial charge is 0.497 e. The van der Waals surface area contributed by atoms with Crippen LogP contribution in [-0.2, 0) is 14.6 Å². The van der Waals surface area contributed by atoms with Gasteiger partial charge in [-0.3, -0.25) is 4.79 Å². The van der Waals surface area contributed by atoms with Gasteiger partial charge in [-0.05, 0) is 49.7 Å². The Morgan fingerprint density at radius 3 is 2.26 bits per heavy atom. The van der Waals surface area contributed by atoms with E-state index in [0.29, 0.717) is 43.9 Å². The van der Waals surface area contributed by atoms with Gasteiger partial charge in [-0.25, -0.2) is 8.42 Å². The van der Waals surface area contributed by atoms with Crippen LogP contribution in [0.4, 0.5) is 5.88 Å². The summed E-state index contributed by atoms with van der Waals surface area (Å²) < 4.78 is 38.4. The van der Waals surface area contributed by atoms with Gasteiger partial charge in [-0.15, -0.1) is 0 Å². The molecule has 4 rings (SSSR count). The zero-order valence-electron chi connectivity index (χ0n) is 19.7. The first-order chi connectivity index (χ1) is 16.3. The van der Waals surface area contributed by atoms with E-state index >= 15 is 0 Å². The van der Waals surface area contributed by atoms with Crippen LogP contribution in [0, 0.1) is 6.92 Å². The Hall–Kier alpha value is -3.33. The van der Waals surface area contributed by atoms with Crippen LogP contribution in [0.5, 0.6) is 5.75 Å². The monoisotopic (exact) mass is 483 g/mol. The second-order valence-electron chi connectivity index (χ2n) is 8.29. The number of methoxy groups -OCH3 is 1. The summed E-state index contributed by atoms with van der Waals surface area (Å²) in [5.74, 6) is 1.21. The number of anilines is 1. The second kappa shape index (κ2) is 9.89. The van der Waals surface area contributed by atoms with Gasteiger partial charge in [0.25, 0.3) is 0 Å². The lowest BCUT2D eigenvalue weighted by Crippen LogP contribution is -2.48. The number of piperazine rings is 1. The molecule has 180 valence electrons. The number of ether oxygens (including phenoxy) is 1. The number of carbonyl (C=O) groups excluding carboxylic acids is 1. The van der Waals surface area contributed by atoms with E-state index in [2.05, 4.69) is 4.98 Å². The van der Waals surface area contributed by atoms with E-state index in [4.69, 9.17) is 9.15 Å². The van der Waals surface area contributed by atoms with Crippen molar-refractivity contribution in [2.24, 2.45) is 0 Å². The normalized spacial score (nSPS) is 14.3. The average Bonchev–Trinajstić information content (AvgIpc) is 3.31. The second-order valence-corrected chi connectivity index (χ2v) is 10.2. The third-order valence-electron chi connectivity index (χ3n) is 5.89. The molecule has 0 saturated carbocycles. The Bertz CT molecular complexity index is 1240. The van der Waals surface area contributed by atoms with Crippen molar-refractivity contribution in [2.75, 3.05) is 38.2 Å². The summed E-state index contributed by atoms with van der Waals surface area (Å²) >= 11 is 0. The van der Waals surface area contributed by atoms with Gasteiger partial charge in [0.15, 0.2) is 0 Å². The number of aromatic nitrogens is 1. The summed E-state index contributed by atoms with van der Waals surface area (Å²) in [7, 11) is -2.35. The highest BCUT2D eigenvalue weighted by atomic mass is 32.2. The van der Waals surface area contributed by atoms with Gasteiger partial charge in [-0.1, -0.05) is 24.6 Å². The molecule has 0 N–H and O–H groups in total. The number of sulfone groups is 1. The topological polar surface area (TPSA) is 92.9 Å². The quantitative estimate of drug-likeness (QED) is 0.502. The molecule has 0 aliphatic carbocycles. The lowest BCUT2D eigenvalue weighted by molar-refractivity contribution is -0.131. The molecule has 1 aliphatic heterocycles. The van der Waals surface area contributed by atoms with E-state index in [0.717, 1.165) is 12.0 Å². The Labute approximate surface area is 200 Å². The summed E-state index contributed by atoms with van der Waals surface area (Å²) in [6.07, 6.45) is 1.31. The summed E-state index contributed by atoms with van der Waals surface area (Å²) in [6.45, 7) is 5.81. The number of carbonyl (C=O) groups is 1. The zero-order chi connectivity index (χ0) is 24.3. The van der Waals surface area contributed by atoms with Gasteiger partial charge in [0, 0.05) is 38.2 Å². The van der Waals surface area contributed by atoms with Crippen LogP contribution in [0.25, 0.3) is 11.5 Å². The van der Waals surface area contributed by atoms with Crippen LogP contribution < -0.4 is 9.64 Å². The van der Waals surface area contributed by atoms with E-state index in [-0.39, 0.29) is 27.6 Å². The number of rotatable bonds is 7. The molecular formula is C25H29N3O5S. The van der Waals surface area contributed by atoms with Gasteiger partial charge in [0.05, 0.1) is 12.0 Å². The SMILES string of the molecule is CCCC(=O)N1CCN(c2oc(-c3ccc(OC)cc3)nc2S(=O)(=O)c2ccc(C)cc2)CC1. The first kappa shape index (κ1) is 23.8. The average molecular weight is 484 g/mol. The van der Waals surface area contributed by atoms with Crippen LogP contribution >= 0.6 is 0 Å². The number of hydrogen-bond donors (Lipinski definition) is 0. The molecule has 1 fully saturated rings. The molecule has 0 radical (unpaired) electrons. The molecule has 1 amide bonds. The molecule has 3 aromatic rings. The zero-order valence-corrected chi connectivity index (χ0v) is 20.5. The lowest BCUT2D eigenvalue weighted by atomic mass is 10.2. The third kappa shape index (κ3) is 4.79. The lowest BCUT2D eigenvalue weighted by Gasteiger charge is -2.34. The molecule has 0 spiro atoms. The van der Waals surface area contributed by atoms with Gasteiger partial charge < -0.3 is 19.0 Å². The van der Waals surface area contributed by atoms with Crippen molar-refractivity contribution in [3.63, 3.8) is 0 Å². The van der Waals surface area contributed by atoms with E-state index in [9.17, 15) is 13.2 Å². The van der Waals surface area contributed by atoms with Gasteiger partial charge in [-0.2, -0.15) is 4.98 Å². The molecular weight excluding hydrogens is 454 g/mol. The van der Waals surface area contributed by atoms with Crippen LogP contribution in [0.2, 0.25) is 0 Å². The predicted molar refractivity (Wildman–Crippen MR) is 129 cm³/mol. The number of aryl methyl sites for hydroxylation is 1. The third-order valence-corrected chi connectivity index (χ3v) is 7.55. The number of benzene rings is 2. The van der Waals surface area contributed by atoms with Gasteiger partial charge in [0.1, 0.15) is 5.75 Å². The van der Waals surface area contributed by atoms with E-state index in [1.807, 2.05) is 23.6 Å². The number of hydrogen-bond acceptors (Lipinski definition) is 7. The highest BCUT2D eigenvalue weighted by molar-refractivity contribution is 7.91. The summed E-state index contributed by atoms with van der Waals surface area (Å²) in [4.78, 5) is 20.6. The Kier molecular flexibility index (Phi) is 6.92. The maximum atomic E-state index is 13.6. The smallest absolute Gasteiger partial charge is 0.236 e. The van der Waals surface area contributed by atoms with Gasteiger partial charge in [0.2, 0.25) is 32.5 Å². The minimum atomic E-state index is -3.93. The maximum absolute atomic E-state index is 13.6. The summed E-state index contributed by atoms with van der Waals surface area (Å²) in [5, 5.41) is -0.115. The van der Waals surface area contributed by atoms with Crippen molar-refractivity contribution in [3.8, 4) is 17.2 Å². The fourth-order valence-electron chi connectivity index (χ4n) is 3.89. The van der Waals surface area contributed by atoms with Crippen molar-refractivity contribution < 1.29 is 22.4 Å². The Morgan fingerprint density at radius 2 is 1.68 bits per heavy atom. The summed E-state index contributed by atoms with van der Waals surface area (Å²) in [6, 6.07) is 13.8. The molecule has 2 heterocycles. The van der Waals surface area contributed by atoms with Crippen molar-refractivity contribution in [3.05, 3.63) is 54.1 Å². The fourth-order valence-corrected chi connectivity index (χ4v) is 5.21. The summed E-state index contributed by atoms with van der Waals surface area (Å²) in [5.41, 5.74) is 1.61. The van der Waals surface area contributed by atoms with E-state index in [1.165, 1.54) is 0 Å². The molecule has 1 aliphatic rings. The minimum absolute atomic E-state index is 0.115. The molecule has 1 saturated heterocycles. The van der Waals surface area contributed by atoms with Crippen molar-refractivity contribution in [2.45, 2.75) is 36.6 Å². The first-order valence-electron chi connectivity index (χ1n) is 11.3.